The molecule has 0 radical (unpaired) electrons. The number of rotatable bonds is 8. The van der Waals surface area contributed by atoms with Crippen molar-refractivity contribution < 1.29 is 67.4 Å². The SMILES string of the molecule is CO[C@H]1C[C@@H]2CC[C@@H](C)[C@@](O)(O2)C(=O)C(=O)N2CCCC[C@H]2C(=O)O[C@H]([C@H](C)C[C@@H]2CC[C@@H](OC(=O)C(C)(C)N)[C@H](OC)C2)CC(=O)[C@H](C)/C=C(\C)[C@@H](O)[C@@H](OC)C(=O)[C@H](C)C[C@H](C)\C=C/C=C/C=C/1C. The lowest BCUT2D eigenvalue weighted by Gasteiger charge is -2.42. The van der Waals surface area contributed by atoms with E-state index in [1.54, 1.807) is 61.8 Å². The monoisotopic (exact) mass is 999 g/mol. The van der Waals surface area contributed by atoms with E-state index in [9.17, 15) is 39.0 Å². The van der Waals surface area contributed by atoms with E-state index in [-0.39, 0.29) is 42.8 Å². The molecule has 3 heterocycles. The molecule has 0 aromatic rings. The number of carbonyl (C=O) groups excluding carboxylic acids is 6. The first-order valence-corrected chi connectivity index (χ1v) is 25.8. The molecular weight excluding hydrogens is 913 g/mol. The fraction of sp³-hybridized carbons (Fsp3) is 0.745. The van der Waals surface area contributed by atoms with Crippen LogP contribution in [0.15, 0.2) is 47.6 Å². The van der Waals surface area contributed by atoms with Crippen molar-refractivity contribution in [3.8, 4) is 0 Å². The van der Waals surface area contributed by atoms with Crippen LogP contribution in [0.3, 0.4) is 0 Å². The quantitative estimate of drug-likeness (QED) is 0.135. The minimum atomic E-state index is -2.45. The maximum atomic E-state index is 14.5. The molecule has 1 saturated carbocycles. The van der Waals surface area contributed by atoms with Crippen molar-refractivity contribution in [2.24, 2.45) is 41.2 Å². The summed E-state index contributed by atoms with van der Waals surface area (Å²) < 4.78 is 35.5. The zero-order valence-electron chi connectivity index (χ0n) is 44.6. The molecule has 0 aromatic carbocycles. The highest BCUT2D eigenvalue weighted by Crippen LogP contribution is 2.38. The summed E-state index contributed by atoms with van der Waals surface area (Å²) in [6.07, 6.45) is 10.6. The average Bonchev–Trinajstić information content (AvgIpc) is 3.33. The Hall–Kier alpha value is -3.90. The number of allylic oxidation sites excluding steroid dienone is 6. The Morgan fingerprint density at radius 1 is 0.887 bits per heavy atom. The third-order valence-corrected chi connectivity index (χ3v) is 15.2. The highest BCUT2D eigenvalue weighted by atomic mass is 16.6. The molecule has 3 fully saturated rings. The van der Waals surface area contributed by atoms with Crippen molar-refractivity contribution in [2.75, 3.05) is 27.9 Å². The molecule has 71 heavy (non-hydrogen) atoms. The van der Waals surface area contributed by atoms with Gasteiger partial charge in [-0.15, -0.1) is 0 Å². The molecule has 3 aliphatic heterocycles. The number of ketones is 3. The summed E-state index contributed by atoms with van der Waals surface area (Å²) >= 11 is 0. The van der Waals surface area contributed by atoms with E-state index in [2.05, 4.69) is 0 Å². The first-order valence-electron chi connectivity index (χ1n) is 25.8. The minimum Gasteiger partial charge on any atom is -0.460 e. The van der Waals surface area contributed by atoms with Gasteiger partial charge in [0.05, 0.1) is 18.3 Å². The number of hydrogen-bond donors (Lipinski definition) is 3. The molecule has 400 valence electrons. The van der Waals surface area contributed by atoms with Crippen LogP contribution in [-0.2, 0) is 57.2 Å². The van der Waals surface area contributed by atoms with Crippen molar-refractivity contribution in [1.82, 2.24) is 4.90 Å². The van der Waals surface area contributed by atoms with Crippen LogP contribution in [0.2, 0.25) is 0 Å². The summed E-state index contributed by atoms with van der Waals surface area (Å²) in [5.41, 5.74) is 6.07. The predicted molar refractivity (Wildman–Crippen MR) is 267 cm³/mol. The summed E-state index contributed by atoms with van der Waals surface area (Å²) in [5, 5.41) is 23.5. The van der Waals surface area contributed by atoms with Gasteiger partial charge >= 0.3 is 11.9 Å². The molecule has 1 amide bonds. The van der Waals surface area contributed by atoms with Crippen molar-refractivity contribution >= 4 is 35.2 Å². The van der Waals surface area contributed by atoms with E-state index >= 15 is 0 Å². The molecule has 16 heteroatoms. The third-order valence-electron chi connectivity index (χ3n) is 15.2. The highest BCUT2D eigenvalue weighted by molar-refractivity contribution is 6.39. The van der Waals surface area contributed by atoms with Gasteiger partial charge in [0, 0.05) is 58.5 Å². The average molecular weight is 999 g/mol. The lowest BCUT2D eigenvalue weighted by Crippen LogP contribution is -2.61. The van der Waals surface area contributed by atoms with Gasteiger partial charge in [-0.3, -0.25) is 24.0 Å². The summed E-state index contributed by atoms with van der Waals surface area (Å²) in [5.74, 6) is -8.86. The zero-order valence-corrected chi connectivity index (χ0v) is 44.6. The molecule has 16 nitrogen and oxygen atoms in total. The molecule has 1 aliphatic carbocycles. The van der Waals surface area contributed by atoms with Crippen LogP contribution >= 0.6 is 0 Å². The van der Waals surface area contributed by atoms with Gasteiger partial charge in [0.25, 0.3) is 11.7 Å². The maximum absolute atomic E-state index is 14.5. The van der Waals surface area contributed by atoms with Crippen LogP contribution in [0, 0.1) is 35.5 Å². The Morgan fingerprint density at radius 2 is 1.59 bits per heavy atom. The fourth-order valence-corrected chi connectivity index (χ4v) is 10.5. The van der Waals surface area contributed by atoms with Gasteiger partial charge in [0.2, 0.25) is 5.79 Å². The molecule has 2 bridgehead atoms. The number of aliphatic hydroxyl groups is 2. The Balaban J connectivity index is 1.70. The number of amides is 1. The molecule has 0 spiro atoms. The summed E-state index contributed by atoms with van der Waals surface area (Å²) in [4.78, 5) is 85.1. The van der Waals surface area contributed by atoms with Gasteiger partial charge in [-0.05, 0) is 121 Å². The molecule has 4 N–H and O–H groups in total. The van der Waals surface area contributed by atoms with Gasteiger partial charge in [-0.1, -0.05) is 71.1 Å². The number of fused-ring (bicyclic) bond motifs is 3. The van der Waals surface area contributed by atoms with E-state index in [0.717, 1.165) is 5.57 Å². The van der Waals surface area contributed by atoms with Crippen LogP contribution in [-0.4, -0.2) is 138 Å². The Bertz CT molecular complexity index is 1970. The van der Waals surface area contributed by atoms with Gasteiger partial charge in [-0.2, -0.15) is 0 Å². The van der Waals surface area contributed by atoms with Gasteiger partial charge in [0.1, 0.15) is 41.8 Å². The molecule has 2 saturated heterocycles. The Labute approximate surface area is 422 Å². The smallest absolute Gasteiger partial charge is 0.329 e. The summed E-state index contributed by atoms with van der Waals surface area (Å²) in [6.45, 7) is 15.8. The van der Waals surface area contributed by atoms with E-state index in [0.29, 0.717) is 69.8 Å². The largest absolute Gasteiger partial charge is 0.460 e. The second-order valence-corrected chi connectivity index (χ2v) is 21.7. The second-order valence-electron chi connectivity index (χ2n) is 21.7. The third kappa shape index (κ3) is 16.0. The number of carbonyl (C=O) groups is 6. The number of cyclic esters (lactones) is 1. The number of nitrogens with zero attached hydrogens (tertiary/aromatic N) is 1. The number of methoxy groups -OCH3 is 3. The molecular formula is C55H86N2O14. The van der Waals surface area contributed by atoms with Crippen LogP contribution in [0.5, 0.6) is 0 Å². The number of piperidine rings is 1. The summed E-state index contributed by atoms with van der Waals surface area (Å²) in [7, 11) is 4.50. The lowest BCUT2D eigenvalue weighted by atomic mass is 9.78. The number of ether oxygens (including phenoxy) is 6. The molecule has 15 atom stereocenters. The van der Waals surface area contributed by atoms with E-state index in [4.69, 9.17) is 34.2 Å². The van der Waals surface area contributed by atoms with Gasteiger partial charge in [0.15, 0.2) is 5.78 Å². The van der Waals surface area contributed by atoms with Gasteiger partial charge in [-0.25, -0.2) is 4.79 Å². The van der Waals surface area contributed by atoms with Gasteiger partial charge < -0.3 is 49.3 Å². The van der Waals surface area contributed by atoms with E-state index in [1.807, 2.05) is 51.2 Å². The topological polar surface area (TPSA) is 228 Å². The summed E-state index contributed by atoms with van der Waals surface area (Å²) in [6, 6.07) is -1.17. The standard InChI is InChI=1S/C55H86N2O14/c1-32-18-14-13-15-19-33(2)44(66-10)30-40-23-21-38(7)55(65,71-40)50(61)51(62)57-25-17-16-20-41(57)52(63)69-45(31-42(58)34(3)27-37(6)48(60)49(68-12)47(59)36(5)26-32)35(4)28-39-22-24-43(46(29-39)67-11)70-53(64)54(8,9)56/h13-15,18-19,27,32,34-36,38-41,43-46,48-49,60,65H,16-17,20-26,28-31,56H2,1-12H3/b15-13+,18-14-,33-19+,37-27+/t32-,34-,35-,36-,38-,39+,40+,41+,43-,44+,45+,46-,48-,49+,55-/m1/s1. The first kappa shape index (κ1) is 59.7. The maximum Gasteiger partial charge on any atom is 0.329 e. The Morgan fingerprint density at radius 3 is 2.24 bits per heavy atom. The van der Waals surface area contributed by atoms with Crippen molar-refractivity contribution in [3.05, 3.63) is 47.6 Å². The Kier molecular flexibility index (Phi) is 22.6. The fourth-order valence-electron chi connectivity index (χ4n) is 10.5. The van der Waals surface area contributed by atoms with E-state index < -0.39 is 107 Å². The van der Waals surface area contributed by atoms with Crippen molar-refractivity contribution in [2.45, 2.75) is 199 Å². The highest BCUT2D eigenvalue weighted by Gasteiger charge is 2.53. The van der Waals surface area contributed by atoms with Crippen molar-refractivity contribution in [1.29, 1.82) is 0 Å². The van der Waals surface area contributed by atoms with Crippen molar-refractivity contribution in [3.63, 3.8) is 0 Å². The number of esters is 2. The molecule has 0 unspecified atom stereocenters. The number of nitrogens with two attached hydrogens (primary N) is 1. The molecule has 4 aliphatic rings. The number of hydrogen-bond acceptors (Lipinski definition) is 15. The number of aliphatic hydroxyl groups excluding tert-OH is 1. The van der Waals surface area contributed by atoms with Crippen LogP contribution in [0.1, 0.15) is 139 Å². The van der Waals surface area contributed by atoms with Crippen LogP contribution in [0.4, 0.5) is 0 Å². The molecule has 4 rings (SSSR count). The second kappa shape index (κ2) is 26.9. The van der Waals surface area contributed by atoms with Crippen LogP contribution < -0.4 is 5.73 Å². The first-order chi connectivity index (χ1) is 33.4. The minimum absolute atomic E-state index is 0.00448. The van der Waals surface area contributed by atoms with E-state index in [1.165, 1.54) is 12.0 Å². The predicted octanol–water partition coefficient (Wildman–Crippen LogP) is 6.47. The number of Topliss-reactive ketones (excluding diaryl/α,β-unsaturated/α-hetero) is 3. The molecule has 0 aromatic heterocycles. The van der Waals surface area contributed by atoms with Crippen LogP contribution in [0.25, 0.3) is 0 Å². The lowest BCUT2D eigenvalue weighted by molar-refractivity contribution is -0.265. The normalized spacial score (nSPS) is 38.2. The zero-order chi connectivity index (χ0) is 53.0.